The van der Waals surface area contributed by atoms with Crippen molar-refractivity contribution in [2.75, 3.05) is 6.54 Å². The van der Waals surface area contributed by atoms with Crippen LogP contribution >= 0.6 is 0 Å². The Labute approximate surface area is 77.3 Å². The molecule has 0 saturated heterocycles. The molecule has 0 aliphatic carbocycles. The molecule has 1 N–H and O–H groups in total. The Morgan fingerprint density at radius 1 is 1.23 bits per heavy atom. The zero-order chi connectivity index (χ0) is 9.10. The lowest BCUT2D eigenvalue weighted by Crippen LogP contribution is -3.03. The van der Waals surface area contributed by atoms with E-state index in [1.807, 2.05) is 30.3 Å². The summed E-state index contributed by atoms with van der Waals surface area (Å²) >= 11 is 0. The molecule has 1 atom stereocenters. The average molecular weight is 176 g/mol. The number of benzene rings is 1. The van der Waals surface area contributed by atoms with Crippen LogP contribution in [0.15, 0.2) is 35.4 Å². The fraction of sp³-hybridized carbons (Fsp3) is 0.300. The van der Waals surface area contributed by atoms with Crippen molar-refractivity contribution in [3.8, 4) is 0 Å². The summed E-state index contributed by atoms with van der Waals surface area (Å²) in [6.07, 6.45) is 1.86. The lowest BCUT2D eigenvalue weighted by atomic mass is 10.1. The van der Waals surface area contributed by atoms with Gasteiger partial charge in [0.1, 0.15) is 12.3 Å². The summed E-state index contributed by atoms with van der Waals surface area (Å²) in [7, 11) is 0. The van der Waals surface area contributed by atoms with Crippen LogP contribution in [-0.4, -0.2) is 12.3 Å². The molecule has 1 aromatic rings. The first-order valence-electron chi connectivity index (χ1n) is 4.52. The highest BCUT2D eigenvalue weighted by Gasteiger charge is 2.11. The molecule has 0 spiro atoms. The van der Waals surface area contributed by atoms with Crippen molar-refractivity contribution in [3.05, 3.63) is 41.1 Å². The van der Waals surface area contributed by atoms with Gasteiger partial charge in [-0.1, -0.05) is 35.4 Å². The third-order valence-electron chi connectivity index (χ3n) is 2.17. The molecule has 3 heteroatoms. The molecular weight excluding hydrogens is 164 g/mol. The SMILES string of the molecule is [O-][NH+]1CCCC(c2ccccc2)=N1. The van der Waals surface area contributed by atoms with Gasteiger partial charge in [-0.15, -0.1) is 0 Å². The van der Waals surface area contributed by atoms with E-state index in [-0.39, 0.29) is 5.17 Å². The van der Waals surface area contributed by atoms with E-state index in [0.717, 1.165) is 24.1 Å². The van der Waals surface area contributed by atoms with Crippen molar-refractivity contribution < 1.29 is 5.17 Å². The molecule has 2 rings (SSSR count). The van der Waals surface area contributed by atoms with Gasteiger partial charge in [-0.3, -0.25) is 0 Å². The molecule has 1 heterocycles. The molecule has 0 fully saturated rings. The summed E-state index contributed by atoms with van der Waals surface area (Å²) in [5, 5.41) is 15.1. The third kappa shape index (κ3) is 1.94. The summed E-state index contributed by atoms with van der Waals surface area (Å²) in [5.74, 6) is 0. The minimum absolute atomic E-state index is 0.0186. The van der Waals surface area contributed by atoms with Gasteiger partial charge in [0.05, 0.1) is 0 Å². The first-order valence-corrected chi connectivity index (χ1v) is 4.52. The van der Waals surface area contributed by atoms with E-state index in [4.69, 9.17) is 0 Å². The van der Waals surface area contributed by atoms with E-state index in [0.29, 0.717) is 6.54 Å². The predicted molar refractivity (Wildman–Crippen MR) is 51.4 cm³/mol. The lowest BCUT2D eigenvalue weighted by molar-refractivity contribution is -0.857. The zero-order valence-corrected chi connectivity index (χ0v) is 7.36. The minimum Gasteiger partial charge on any atom is -0.606 e. The number of rotatable bonds is 1. The molecule has 0 saturated carbocycles. The fourth-order valence-electron chi connectivity index (χ4n) is 1.51. The van der Waals surface area contributed by atoms with Gasteiger partial charge >= 0.3 is 0 Å². The number of quaternary nitrogens is 1. The second-order valence-corrected chi connectivity index (χ2v) is 3.17. The largest absolute Gasteiger partial charge is 0.606 e. The van der Waals surface area contributed by atoms with Gasteiger partial charge in [0.15, 0.2) is 0 Å². The van der Waals surface area contributed by atoms with E-state index in [9.17, 15) is 5.21 Å². The molecule has 0 aromatic heterocycles. The maximum atomic E-state index is 11.1. The molecule has 0 bridgehead atoms. The standard InChI is InChI=1S/C10H12N2O/c13-12-8-4-7-10(11-12)9-5-2-1-3-6-9/h1-3,5-6,12H,4,7-8H2. The van der Waals surface area contributed by atoms with Crippen LogP contribution in [-0.2, 0) is 0 Å². The van der Waals surface area contributed by atoms with Crippen molar-refractivity contribution in [3.63, 3.8) is 0 Å². The average Bonchev–Trinajstić information content (AvgIpc) is 2.19. The first kappa shape index (κ1) is 8.41. The van der Waals surface area contributed by atoms with E-state index in [2.05, 4.69) is 5.10 Å². The molecule has 1 aromatic carbocycles. The van der Waals surface area contributed by atoms with Gasteiger partial charge < -0.3 is 5.21 Å². The van der Waals surface area contributed by atoms with Crippen LogP contribution in [0.2, 0.25) is 0 Å². The smallest absolute Gasteiger partial charge is 0.104 e. The maximum absolute atomic E-state index is 11.1. The Bertz CT molecular complexity index is 308. The van der Waals surface area contributed by atoms with E-state index in [1.54, 1.807) is 0 Å². The number of hydrogen-bond acceptors (Lipinski definition) is 2. The third-order valence-corrected chi connectivity index (χ3v) is 2.17. The Hall–Kier alpha value is -1.19. The summed E-state index contributed by atoms with van der Waals surface area (Å²) in [4.78, 5) is 0. The Morgan fingerprint density at radius 3 is 2.69 bits per heavy atom. The van der Waals surface area contributed by atoms with Crippen LogP contribution in [0.5, 0.6) is 0 Å². The van der Waals surface area contributed by atoms with Gasteiger partial charge in [-0.05, 0) is 0 Å². The van der Waals surface area contributed by atoms with E-state index >= 15 is 0 Å². The monoisotopic (exact) mass is 176 g/mol. The van der Waals surface area contributed by atoms with Crippen molar-refractivity contribution in [1.82, 2.24) is 0 Å². The van der Waals surface area contributed by atoms with Crippen molar-refractivity contribution in [2.24, 2.45) is 5.10 Å². The molecule has 3 nitrogen and oxygen atoms in total. The van der Waals surface area contributed by atoms with E-state index in [1.165, 1.54) is 0 Å². The molecule has 1 aliphatic rings. The second-order valence-electron chi connectivity index (χ2n) is 3.17. The quantitative estimate of drug-likeness (QED) is 0.624. The van der Waals surface area contributed by atoms with Crippen LogP contribution in [0, 0.1) is 5.21 Å². The van der Waals surface area contributed by atoms with Crippen LogP contribution in [0.25, 0.3) is 0 Å². The highest BCUT2D eigenvalue weighted by atomic mass is 16.5. The van der Waals surface area contributed by atoms with E-state index < -0.39 is 0 Å². The molecule has 68 valence electrons. The summed E-state index contributed by atoms with van der Waals surface area (Å²) < 4.78 is 0. The number of nitrogens with one attached hydrogen (secondary N) is 1. The predicted octanol–water partition coefficient (Wildman–Crippen LogP) is 0.567. The van der Waals surface area contributed by atoms with Crippen molar-refractivity contribution in [2.45, 2.75) is 12.8 Å². The molecule has 0 amide bonds. The lowest BCUT2D eigenvalue weighted by Gasteiger charge is -2.21. The highest BCUT2D eigenvalue weighted by Crippen LogP contribution is 2.06. The minimum atomic E-state index is 0.0186. The molecule has 0 radical (unpaired) electrons. The van der Waals surface area contributed by atoms with Crippen LogP contribution < -0.4 is 5.17 Å². The van der Waals surface area contributed by atoms with Crippen molar-refractivity contribution in [1.29, 1.82) is 0 Å². The maximum Gasteiger partial charge on any atom is 0.104 e. The Balaban J connectivity index is 2.26. The number of nitrogens with zero attached hydrogens (tertiary/aromatic N) is 1. The topological polar surface area (TPSA) is 39.9 Å². The van der Waals surface area contributed by atoms with Crippen LogP contribution in [0.1, 0.15) is 18.4 Å². The van der Waals surface area contributed by atoms with Crippen molar-refractivity contribution >= 4 is 5.71 Å². The Kier molecular flexibility index (Phi) is 2.38. The van der Waals surface area contributed by atoms with Gasteiger partial charge in [0.2, 0.25) is 0 Å². The van der Waals surface area contributed by atoms with Crippen LogP contribution in [0.3, 0.4) is 0 Å². The molecule has 13 heavy (non-hydrogen) atoms. The van der Waals surface area contributed by atoms with Gasteiger partial charge in [0.25, 0.3) is 0 Å². The summed E-state index contributed by atoms with van der Waals surface area (Å²) in [5.41, 5.74) is 2.02. The highest BCUT2D eigenvalue weighted by molar-refractivity contribution is 6.00. The molecule has 1 aliphatic heterocycles. The molecular formula is C10H12N2O. The van der Waals surface area contributed by atoms with Gasteiger partial charge in [-0.25, -0.2) is 5.17 Å². The van der Waals surface area contributed by atoms with Crippen LogP contribution in [0.4, 0.5) is 0 Å². The number of hydroxylamine groups is 1. The normalized spacial score (nSPS) is 22.5. The fourth-order valence-corrected chi connectivity index (χ4v) is 1.51. The summed E-state index contributed by atoms with van der Waals surface area (Å²) in [6, 6.07) is 9.90. The van der Waals surface area contributed by atoms with Gasteiger partial charge in [0, 0.05) is 18.4 Å². The second kappa shape index (κ2) is 3.68. The summed E-state index contributed by atoms with van der Waals surface area (Å²) in [6.45, 7) is 0.607. The number of hydrogen-bond donors (Lipinski definition) is 1. The zero-order valence-electron chi connectivity index (χ0n) is 7.36. The van der Waals surface area contributed by atoms with Gasteiger partial charge in [-0.2, -0.15) is 0 Å². The Morgan fingerprint density at radius 2 is 2.00 bits per heavy atom. The first-order chi connectivity index (χ1) is 6.36. The molecule has 1 unspecified atom stereocenters.